The lowest BCUT2D eigenvalue weighted by Gasteiger charge is -2.19. The summed E-state index contributed by atoms with van der Waals surface area (Å²) in [5, 5.41) is 3.23. The van der Waals surface area contributed by atoms with Gasteiger partial charge in [0.1, 0.15) is 0 Å². The minimum absolute atomic E-state index is 0.00513. The van der Waals surface area contributed by atoms with E-state index in [0.717, 1.165) is 26.1 Å². The molecule has 0 unspecified atom stereocenters. The molecule has 116 valence electrons. The van der Waals surface area contributed by atoms with Gasteiger partial charge in [0.15, 0.2) is 0 Å². The van der Waals surface area contributed by atoms with E-state index >= 15 is 0 Å². The first-order chi connectivity index (χ1) is 10.1. The summed E-state index contributed by atoms with van der Waals surface area (Å²) < 4.78 is 26.5. The van der Waals surface area contributed by atoms with Gasteiger partial charge in [-0.25, -0.2) is 13.1 Å². The van der Waals surface area contributed by atoms with E-state index in [0.29, 0.717) is 6.54 Å². The monoisotopic (exact) mass is 311 g/mol. The van der Waals surface area contributed by atoms with E-state index in [1.807, 2.05) is 0 Å². The number of benzene rings is 1. The molecule has 6 nitrogen and oxygen atoms in total. The van der Waals surface area contributed by atoms with Crippen LogP contribution in [0.4, 0.5) is 0 Å². The largest absolute Gasteiger partial charge is 0.341 e. The maximum atomic E-state index is 12.0. The van der Waals surface area contributed by atoms with E-state index in [2.05, 4.69) is 10.0 Å². The van der Waals surface area contributed by atoms with E-state index in [9.17, 15) is 13.2 Å². The molecule has 0 spiro atoms. The van der Waals surface area contributed by atoms with Crippen molar-refractivity contribution in [2.45, 2.75) is 17.7 Å². The molecule has 0 aliphatic carbocycles. The third kappa shape index (κ3) is 4.80. The highest BCUT2D eigenvalue weighted by Crippen LogP contribution is 2.07. The van der Waals surface area contributed by atoms with Gasteiger partial charge < -0.3 is 10.2 Å². The number of nitrogens with zero attached hydrogens (tertiary/aromatic N) is 1. The Labute approximate surface area is 125 Å². The van der Waals surface area contributed by atoms with Crippen LogP contribution in [0.25, 0.3) is 0 Å². The fourth-order valence-corrected chi connectivity index (χ4v) is 3.28. The quantitative estimate of drug-likeness (QED) is 0.813. The third-order valence-electron chi connectivity index (χ3n) is 3.38. The van der Waals surface area contributed by atoms with Crippen LogP contribution < -0.4 is 10.0 Å². The molecule has 0 atom stereocenters. The molecule has 21 heavy (non-hydrogen) atoms. The lowest BCUT2D eigenvalue weighted by atomic mass is 10.3. The summed E-state index contributed by atoms with van der Waals surface area (Å²) in [5.74, 6) is -0.00513. The smallest absolute Gasteiger partial charge is 0.240 e. The first kappa shape index (κ1) is 15.9. The lowest BCUT2D eigenvalue weighted by Crippen LogP contribution is -2.36. The molecule has 1 aliphatic rings. The number of hydrogen-bond donors (Lipinski definition) is 2. The van der Waals surface area contributed by atoms with Crippen molar-refractivity contribution >= 4 is 15.9 Å². The molecule has 0 bridgehead atoms. The molecule has 0 radical (unpaired) electrons. The van der Waals surface area contributed by atoms with Crippen LogP contribution in [0.2, 0.25) is 0 Å². The van der Waals surface area contributed by atoms with Crippen LogP contribution >= 0.6 is 0 Å². The molecule has 2 rings (SSSR count). The van der Waals surface area contributed by atoms with E-state index in [-0.39, 0.29) is 23.8 Å². The van der Waals surface area contributed by atoms with Crippen LogP contribution in [0.3, 0.4) is 0 Å². The summed E-state index contributed by atoms with van der Waals surface area (Å²) >= 11 is 0. The Morgan fingerprint density at radius 1 is 1.19 bits per heavy atom. The minimum Gasteiger partial charge on any atom is -0.341 e. The Morgan fingerprint density at radius 2 is 1.95 bits per heavy atom. The van der Waals surface area contributed by atoms with Crippen LogP contribution in [0.15, 0.2) is 35.2 Å². The van der Waals surface area contributed by atoms with Crippen LogP contribution in [0.5, 0.6) is 0 Å². The van der Waals surface area contributed by atoms with Crippen LogP contribution in [0.1, 0.15) is 12.8 Å². The molecular formula is C14H21N3O3S. The zero-order chi connectivity index (χ0) is 15.1. The SMILES string of the molecule is O=C(CCNS(=O)(=O)c1ccccc1)N1CCCNCC1. The van der Waals surface area contributed by atoms with Gasteiger partial charge in [0.05, 0.1) is 4.90 Å². The minimum atomic E-state index is -3.53. The zero-order valence-corrected chi connectivity index (χ0v) is 12.7. The Kier molecular flexibility index (Phi) is 5.72. The first-order valence-corrected chi connectivity index (χ1v) is 8.61. The second-order valence-electron chi connectivity index (χ2n) is 4.95. The van der Waals surface area contributed by atoms with Gasteiger partial charge in [0, 0.05) is 32.6 Å². The van der Waals surface area contributed by atoms with Crippen molar-refractivity contribution in [3.05, 3.63) is 30.3 Å². The predicted molar refractivity (Wildman–Crippen MR) is 80.3 cm³/mol. The second kappa shape index (κ2) is 7.53. The first-order valence-electron chi connectivity index (χ1n) is 7.13. The number of carbonyl (C=O) groups is 1. The van der Waals surface area contributed by atoms with Gasteiger partial charge in [-0.15, -0.1) is 0 Å². The standard InChI is InChI=1S/C14H21N3O3S/c18-14(17-11-4-8-15-10-12-17)7-9-16-21(19,20)13-5-2-1-3-6-13/h1-3,5-6,15-16H,4,7-12H2. The van der Waals surface area contributed by atoms with Crippen molar-refractivity contribution in [3.63, 3.8) is 0 Å². The van der Waals surface area contributed by atoms with Gasteiger partial charge in [0.2, 0.25) is 15.9 Å². The summed E-state index contributed by atoms with van der Waals surface area (Å²) in [6, 6.07) is 8.17. The van der Waals surface area contributed by atoms with Gasteiger partial charge in [-0.2, -0.15) is 0 Å². The molecule has 2 N–H and O–H groups in total. The molecule has 1 saturated heterocycles. The second-order valence-corrected chi connectivity index (χ2v) is 6.71. The molecule has 1 aromatic rings. The van der Waals surface area contributed by atoms with Crippen molar-refractivity contribution < 1.29 is 13.2 Å². The molecule has 0 aromatic heterocycles. The maximum Gasteiger partial charge on any atom is 0.240 e. The van der Waals surface area contributed by atoms with E-state index in [1.165, 1.54) is 12.1 Å². The van der Waals surface area contributed by atoms with E-state index < -0.39 is 10.0 Å². The number of rotatable bonds is 5. The summed E-state index contributed by atoms with van der Waals surface area (Å²) in [4.78, 5) is 14.0. The summed E-state index contributed by atoms with van der Waals surface area (Å²) in [7, 11) is -3.53. The van der Waals surface area contributed by atoms with Crippen LogP contribution in [-0.2, 0) is 14.8 Å². The topological polar surface area (TPSA) is 78.5 Å². The predicted octanol–water partition coefficient (Wildman–Crippen LogP) is 0.177. The highest BCUT2D eigenvalue weighted by molar-refractivity contribution is 7.89. The van der Waals surface area contributed by atoms with Gasteiger partial charge in [-0.05, 0) is 25.1 Å². The average Bonchev–Trinajstić information content (AvgIpc) is 2.77. The Balaban J connectivity index is 1.82. The highest BCUT2D eigenvalue weighted by atomic mass is 32.2. The number of amides is 1. The third-order valence-corrected chi connectivity index (χ3v) is 4.85. The van der Waals surface area contributed by atoms with Crippen molar-refractivity contribution in [1.82, 2.24) is 14.9 Å². The van der Waals surface area contributed by atoms with Gasteiger partial charge in [-0.1, -0.05) is 18.2 Å². The maximum absolute atomic E-state index is 12.0. The van der Waals surface area contributed by atoms with Crippen LogP contribution in [-0.4, -0.2) is 51.9 Å². The molecular weight excluding hydrogens is 290 g/mol. The number of carbonyl (C=O) groups excluding carboxylic acids is 1. The zero-order valence-electron chi connectivity index (χ0n) is 11.9. The Hall–Kier alpha value is -1.44. The summed E-state index contributed by atoms with van der Waals surface area (Å²) in [6.45, 7) is 3.26. The highest BCUT2D eigenvalue weighted by Gasteiger charge is 2.17. The summed E-state index contributed by atoms with van der Waals surface area (Å²) in [5.41, 5.74) is 0. The number of sulfonamides is 1. The fourth-order valence-electron chi connectivity index (χ4n) is 2.23. The van der Waals surface area contributed by atoms with E-state index in [1.54, 1.807) is 23.1 Å². The van der Waals surface area contributed by atoms with Crippen molar-refractivity contribution in [3.8, 4) is 0 Å². The molecule has 1 amide bonds. The van der Waals surface area contributed by atoms with Gasteiger partial charge >= 0.3 is 0 Å². The molecule has 1 heterocycles. The molecule has 0 saturated carbocycles. The molecule has 1 aromatic carbocycles. The molecule has 1 fully saturated rings. The summed E-state index contributed by atoms with van der Waals surface area (Å²) in [6.07, 6.45) is 1.12. The van der Waals surface area contributed by atoms with Gasteiger partial charge in [-0.3, -0.25) is 4.79 Å². The van der Waals surface area contributed by atoms with Crippen molar-refractivity contribution in [2.75, 3.05) is 32.7 Å². The van der Waals surface area contributed by atoms with Gasteiger partial charge in [0.25, 0.3) is 0 Å². The van der Waals surface area contributed by atoms with Crippen LogP contribution in [0, 0.1) is 0 Å². The normalized spacial score (nSPS) is 16.5. The lowest BCUT2D eigenvalue weighted by molar-refractivity contribution is -0.130. The Bertz CT molecular complexity index is 552. The average molecular weight is 311 g/mol. The fraction of sp³-hybridized carbons (Fsp3) is 0.500. The van der Waals surface area contributed by atoms with E-state index in [4.69, 9.17) is 0 Å². The molecule has 7 heteroatoms. The van der Waals surface area contributed by atoms with Crippen molar-refractivity contribution in [1.29, 1.82) is 0 Å². The van der Waals surface area contributed by atoms with Crippen molar-refractivity contribution in [2.24, 2.45) is 0 Å². The molecule has 1 aliphatic heterocycles. The Morgan fingerprint density at radius 3 is 2.71 bits per heavy atom. The number of hydrogen-bond acceptors (Lipinski definition) is 4. The number of nitrogens with one attached hydrogen (secondary N) is 2.